The molecule has 0 bridgehead atoms. The van der Waals surface area contributed by atoms with Crippen molar-refractivity contribution in [3.05, 3.63) is 129 Å². The van der Waals surface area contributed by atoms with Crippen LogP contribution in [0.1, 0.15) is 23.6 Å². The molecular formula is C29H30N6O3. The quantitative estimate of drug-likeness (QED) is 0.254. The van der Waals surface area contributed by atoms with Gasteiger partial charge in [0.15, 0.2) is 0 Å². The number of nitrogens with zero attached hydrogens (tertiary/aromatic N) is 5. The smallest absolute Gasteiger partial charge is 0.355 e. The zero-order valence-electron chi connectivity index (χ0n) is 21.1. The van der Waals surface area contributed by atoms with Crippen molar-refractivity contribution in [2.75, 3.05) is 39.3 Å². The van der Waals surface area contributed by atoms with Crippen molar-refractivity contribution in [1.82, 2.24) is 20.0 Å². The Balaban J connectivity index is 1.43. The largest absolute Gasteiger partial charge is 0.377 e. The Bertz CT molecular complexity index is 1270. The number of benzene rings is 2. The molecule has 0 saturated carbocycles. The second-order valence-electron chi connectivity index (χ2n) is 9.48. The lowest BCUT2D eigenvalue weighted by Crippen LogP contribution is -2.56. The van der Waals surface area contributed by atoms with Gasteiger partial charge in [-0.25, -0.2) is 6.57 Å². The molecule has 9 heteroatoms. The van der Waals surface area contributed by atoms with E-state index in [0.717, 1.165) is 0 Å². The van der Waals surface area contributed by atoms with Crippen molar-refractivity contribution in [2.24, 2.45) is 0 Å². The third-order valence-electron chi connectivity index (χ3n) is 7.28. The van der Waals surface area contributed by atoms with Crippen LogP contribution in [0.3, 0.4) is 0 Å². The summed E-state index contributed by atoms with van der Waals surface area (Å²) in [7, 11) is 0. The van der Waals surface area contributed by atoms with Crippen LogP contribution in [0.5, 0.6) is 0 Å². The van der Waals surface area contributed by atoms with Crippen LogP contribution in [0.25, 0.3) is 4.85 Å². The lowest BCUT2D eigenvalue weighted by molar-refractivity contribution is -0.423. The molecule has 38 heavy (non-hydrogen) atoms. The van der Waals surface area contributed by atoms with Crippen LogP contribution >= 0.6 is 0 Å². The Labute approximate surface area is 222 Å². The van der Waals surface area contributed by atoms with Gasteiger partial charge in [-0.15, -0.1) is 0 Å². The summed E-state index contributed by atoms with van der Waals surface area (Å²) < 4.78 is 0. The maximum absolute atomic E-state index is 13.4. The lowest BCUT2D eigenvalue weighted by Gasteiger charge is -2.45. The van der Waals surface area contributed by atoms with Crippen molar-refractivity contribution >= 4 is 5.91 Å². The Kier molecular flexibility index (Phi) is 7.52. The van der Waals surface area contributed by atoms with E-state index in [4.69, 9.17) is 6.57 Å². The summed E-state index contributed by atoms with van der Waals surface area (Å²) in [6.07, 6.45) is 5.86. The van der Waals surface area contributed by atoms with Gasteiger partial charge in [-0.05, 0) is 29.5 Å². The van der Waals surface area contributed by atoms with Crippen molar-refractivity contribution in [2.45, 2.75) is 18.5 Å². The van der Waals surface area contributed by atoms with Crippen LogP contribution in [-0.4, -0.2) is 70.8 Å². The number of nitro groups is 1. The molecule has 0 radical (unpaired) electrons. The second kappa shape index (κ2) is 11.3. The highest BCUT2D eigenvalue weighted by Gasteiger charge is 2.47. The highest BCUT2D eigenvalue weighted by atomic mass is 16.6. The predicted molar refractivity (Wildman–Crippen MR) is 144 cm³/mol. The maximum atomic E-state index is 13.4. The van der Waals surface area contributed by atoms with Crippen molar-refractivity contribution in [3.63, 3.8) is 0 Å². The first-order valence-corrected chi connectivity index (χ1v) is 12.9. The lowest BCUT2D eigenvalue weighted by atomic mass is 9.95. The van der Waals surface area contributed by atoms with Crippen LogP contribution < -0.4 is 5.32 Å². The first kappa shape index (κ1) is 25.2. The minimum absolute atomic E-state index is 0.0700. The monoisotopic (exact) mass is 510 g/mol. The van der Waals surface area contributed by atoms with Gasteiger partial charge in [0.1, 0.15) is 11.7 Å². The Morgan fingerprint density at radius 2 is 1.66 bits per heavy atom. The molecule has 5 rings (SSSR count). The normalized spacial score (nSPS) is 19.6. The fraction of sp³-hybridized carbons (Fsp3) is 0.310. The molecule has 0 spiro atoms. The van der Waals surface area contributed by atoms with E-state index in [9.17, 15) is 14.9 Å². The van der Waals surface area contributed by atoms with Crippen LogP contribution in [0.4, 0.5) is 0 Å². The maximum Gasteiger partial charge on any atom is 0.355 e. The molecule has 0 aromatic heterocycles. The topological polar surface area (TPSA) is 86.3 Å². The summed E-state index contributed by atoms with van der Waals surface area (Å²) in [5.41, 5.74) is 3.13. The highest BCUT2D eigenvalue weighted by molar-refractivity contribution is 5.95. The minimum Gasteiger partial charge on any atom is -0.377 e. The number of rotatable bonds is 8. The molecule has 9 nitrogen and oxygen atoms in total. The van der Waals surface area contributed by atoms with Gasteiger partial charge in [0.05, 0.1) is 16.7 Å². The van der Waals surface area contributed by atoms with E-state index in [0.29, 0.717) is 44.0 Å². The first-order chi connectivity index (χ1) is 18.6. The third-order valence-corrected chi connectivity index (χ3v) is 7.28. The molecule has 2 aromatic carbocycles. The van der Waals surface area contributed by atoms with Crippen LogP contribution in [-0.2, 0) is 4.79 Å². The van der Waals surface area contributed by atoms with E-state index < -0.39 is 16.9 Å². The average molecular weight is 511 g/mol. The summed E-state index contributed by atoms with van der Waals surface area (Å²) >= 11 is 0. The highest BCUT2D eigenvalue weighted by Crippen LogP contribution is 2.35. The molecule has 1 fully saturated rings. The predicted octanol–water partition coefficient (Wildman–Crippen LogP) is 3.40. The zero-order valence-corrected chi connectivity index (χ0v) is 21.1. The number of piperazine rings is 1. The van der Waals surface area contributed by atoms with Crippen molar-refractivity contribution < 1.29 is 9.72 Å². The molecule has 1 atom stereocenters. The van der Waals surface area contributed by atoms with Crippen molar-refractivity contribution in [3.8, 4) is 0 Å². The van der Waals surface area contributed by atoms with Gasteiger partial charge >= 0.3 is 11.6 Å². The average Bonchev–Trinajstić information content (AvgIpc) is 2.95. The molecular weight excluding hydrogens is 480 g/mol. The molecule has 1 amide bonds. The first-order valence-electron chi connectivity index (χ1n) is 12.9. The molecule has 194 valence electrons. The summed E-state index contributed by atoms with van der Waals surface area (Å²) in [5.74, 6) is -0.608. The van der Waals surface area contributed by atoms with Crippen LogP contribution in [0, 0.1) is 16.7 Å². The van der Waals surface area contributed by atoms with Crippen molar-refractivity contribution in [1.29, 1.82) is 0 Å². The molecule has 3 aliphatic heterocycles. The van der Waals surface area contributed by atoms with Crippen LogP contribution in [0.15, 0.2) is 96.1 Å². The number of fused-ring (bicyclic) bond motifs is 1. The van der Waals surface area contributed by atoms with Crippen LogP contribution in [0.2, 0.25) is 0 Å². The standard InChI is InChI=1S/C29H30N6O3/c1-30-15-9-17-34-24-14-8-16-31-25(24)27(28(29(34)36)35(37)38)33-20-18-32(19-21-33)26(22-10-4-2-5-11-22)23-12-6-3-7-13-23/h2-8,10-14,16,25-26,31H,9,15,17-21H2. The Hall–Kier alpha value is -4.42. The minimum atomic E-state index is -0.608. The molecule has 3 heterocycles. The van der Waals surface area contributed by atoms with E-state index in [2.05, 4.69) is 39.3 Å². The molecule has 1 saturated heterocycles. The molecule has 0 aliphatic carbocycles. The Morgan fingerprint density at radius 3 is 2.24 bits per heavy atom. The van der Waals surface area contributed by atoms with Gasteiger partial charge < -0.3 is 20.0 Å². The number of nitrogens with one attached hydrogen (secondary N) is 1. The second-order valence-corrected chi connectivity index (χ2v) is 9.48. The zero-order chi connectivity index (χ0) is 26.5. The SMILES string of the molecule is [C-]#[N+]CCCN1C(=O)C([N+](=O)[O-])=C(N2CCN(C(c3ccccc3)c3ccccc3)CC2)C2NC=CC=C21. The molecule has 2 aromatic rings. The van der Waals surface area contributed by atoms with E-state index >= 15 is 0 Å². The number of carbonyl (C=O) groups is 1. The third kappa shape index (κ3) is 4.91. The van der Waals surface area contributed by atoms with Gasteiger partial charge in [0.25, 0.3) is 0 Å². The number of dihydropyridines is 1. The number of carbonyl (C=O) groups excluding carboxylic acids is 1. The van der Waals surface area contributed by atoms with E-state index in [1.807, 2.05) is 47.4 Å². The summed E-state index contributed by atoms with van der Waals surface area (Å²) in [4.78, 5) is 34.4. The fourth-order valence-electron chi connectivity index (χ4n) is 5.58. The number of amides is 1. The number of allylic oxidation sites excluding steroid dienone is 2. The molecule has 1 N–H and O–H groups in total. The summed E-state index contributed by atoms with van der Waals surface area (Å²) in [6, 6.07) is 20.3. The number of hydrogen-bond acceptors (Lipinski definition) is 6. The molecule has 3 aliphatic rings. The fourth-order valence-corrected chi connectivity index (χ4v) is 5.58. The van der Waals surface area contributed by atoms with Gasteiger partial charge in [0.2, 0.25) is 6.54 Å². The van der Waals surface area contributed by atoms with Gasteiger partial charge in [0, 0.05) is 39.1 Å². The van der Waals surface area contributed by atoms with E-state index in [1.54, 1.807) is 12.3 Å². The van der Waals surface area contributed by atoms with Gasteiger partial charge in [-0.3, -0.25) is 19.8 Å². The summed E-state index contributed by atoms with van der Waals surface area (Å²) in [6.45, 7) is 10.1. The van der Waals surface area contributed by atoms with Gasteiger partial charge in [-0.2, -0.15) is 0 Å². The Morgan fingerprint density at radius 1 is 1.03 bits per heavy atom. The van der Waals surface area contributed by atoms with E-state index in [-0.39, 0.29) is 24.8 Å². The summed E-state index contributed by atoms with van der Waals surface area (Å²) in [5, 5.41) is 15.5. The van der Waals surface area contributed by atoms with E-state index in [1.165, 1.54) is 16.0 Å². The molecule has 1 unspecified atom stereocenters. The van der Waals surface area contributed by atoms with Gasteiger partial charge in [-0.1, -0.05) is 60.7 Å². The number of hydrogen-bond donors (Lipinski definition) is 1.